The first kappa shape index (κ1) is 24.6. The third-order valence-electron chi connectivity index (χ3n) is 11.7. The number of ether oxygens (including phenoxy) is 1. The summed E-state index contributed by atoms with van der Waals surface area (Å²) in [5.41, 5.74) is 5.70. The fourth-order valence-corrected chi connectivity index (χ4v) is 9.49. The molecule has 200 valence electrons. The highest BCUT2D eigenvalue weighted by Crippen LogP contribution is 2.64. The first-order chi connectivity index (χ1) is 18.2. The molecule has 2 nitrogen and oxygen atoms in total. The molecule has 0 aromatic rings. The Balaban J connectivity index is 1.41. The van der Waals surface area contributed by atoms with Crippen LogP contribution >= 0.6 is 0 Å². The first-order valence-electron chi connectivity index (χ1n) is 15.2. The Morgan fingerprint density at radius 1 is 0.921 bits per heavy atom. The second-order valence-corrected chi connectivity index (χ2v) is 13.8. The average molecular weight is 509 g/mol. The highest BCUT2D eigenvalue weighted by molar-refractivity contribution is 5.58. The minimum Gasteiger partial charge on any atom is -0.507 e. The molecule has 0 aromatic carbocycles. The second-order valence-electron chi connectivity index (χ2n) is 13.8. The molecule has 1 saturated carbocycles. The van der Waals surface area contributed by atoms with Crippen LogP contribution in [-0.4, -0.2) is 10.7 Å². The highest BCUT2D eigenvalue weighted by Gasteiger charge is 2.62. The van der Waals surface area contributed by atoms with E-state index in [-0.39, 0.29) is 17.8 Å². The van der Waals surface area contributed by atoms with E-state index in [1.807, 2.05) is 0 Å². The number of hydrogen-bond donors (Lipinski definition) is 1. The zero-order chi connectivity index (χ0) is 26.5. The standard InChI is InChI=1S/C36H44O2/c1-19-7-11-27-23(5)32(13-9-25(27)15-19)36(33-14-10-26-16-20(2)8-12-28(26)35(33)37)34-18-30-21(3)29(22(30)4)17-31(34)24(6)38-36/h7-9,11-14,18-23,26,29-32,37H,6,10,15-17H2,1-5H3. The van der Waals surface area contributed by atoms with Crippen molar-refractivity contribution in [3.63, 3.8) is 0 Å². The number of hydrogen-bond acceptors (Lipinski definition) is 2. The van der Waals surface area contributed by atoms with Crippen molar-refractivity contribution in [1.29, 1.82) is 0 Å². The quantitative estimate of drug-likeness (QED) is 0.378. The third kappa shape index (κ3) is 3.24. The Hall–Kier alpha value is -2.48. The van der Waals surface area contributed by atoms with Crippen molar-refractivity contribution >= 4 is 0 Å². The first-order valence-corrected chi connectivity index (χ1v) is 15.2. The lowest BCUT2D eigenvalue weighted by atomic mass is 9.57. The fraction of sp³-hybridized carbons (Fsp3) is 0.556. The summed E-state index contributed by atoms with van der Waals surface area (Å²) in [5, 5.41) is 12.1. The third-order valence-corrected chi connectivity index (χ3v) is 11.7. The van der Waals surface area contributed by atoms with Gasteiger partial charge in [0.15, 0.2) is 5.60 Å². The Kier molecular flexibility index (Phi) is 5.50. The lowest BCUT2D eigenvalue weighted by Crippen LogP contribution is -2.47. The average Bonchev–Trinajstić information content (AvgIpc) is 3.00. The molecule has 0 amide bonds. The number of aliphatic hydroxyl groups excluding tert-OH is 1. The van der Waals surface area contributed by atoms with Gasteiger partial charge in [-0.05, 0) is 95.3 Å². The molecule has 2 bridgehead atoms. The predicted octanol–water partition coefficient (Wildman–Crippen LogP) is 8.80. The maximum atomic E-state index is 12.1. The maximum absolute atomic E-state index is 12.1. The topological polar surface area (TPSA) is 29.5 Å². The molecule has 0 radical (unpaired) electrons. The summed E-state index contributed by atoms with van der Waals surface area (Å²) in [7, 11) is 0. The lowest BCUT2D eigenvalue weighted by molar-refractivity contribution is 0.0166. The van der Waals surface area contributed by atoms with Crippen molar-refractivity contribution in [2.75, 3.05) is 0 Å². The van der Waals surface area contributed by atoms with Gasteiger partial charge in [0.1, 0.15) is 5.76 Å². The molecule has 1 heterocycles. The Labute approximate surface area is 229 Å². The largest absolute Gasteiger partial charge is 0.507 e. The van der Waals surface area contributed by atoms with Gasteiger partial charge in [0, 0.05) is 17.4 Å². The van der Waals surface area contributed by atoms with E-state index in [0.717, 1.165) is 42.6 Å². The Morgan fingerprint density at radius 3 is 2.45 bits per heavy atom. The number of allylic oxidation sites excluding steroid dienone is 11. The maximum Gasteiger partial charge on any atom is 0.165 e. The van der Waals surface area contributed by atoms with Crippen molar-refractivity contribution in [2.24, 2.45) is 59.2 Å². The van der Waals surface area contributed by atoms with E-state index in [1.165, 1.54) is 16.7 Å². The van der Waals surface area contributed by atoms with Gasteiger partial charge in [-0.2, -0.15) is 0 Å². The van der Waals surface area contributed by atoms with E-state index in [4.69, 9.17) is 4.74 Å². The van der Waals surface area contributed by atoms with Gasteiger partial charge in [0.05, 0.1) is 5.76 Å². The van der Waals surface area contributed by atoms with Gasteiger partial charge >= 0.3 is 0 Å². The molecule has 7 aliphatic carbocycles. The summed E-state index contributed by atoms with van der Waals surface area (Å²) in [5.74, 6) is 6.20. The molecule has 1 saturated heterocycles. The summed E-state index contributed by atoms with van der Waals surface area (Å²) in [4.78, 5) is 0. The lowest BCUT2D eigenvalue weighted by Gasteiger charge is -2.48. The predicted molar refractivity (Wildman–Crippen MR) is 155 cm³/mol. The van der Waals surface area contributed by atoms with E-state index < -0.39 is 5.60 Å². The van der Waals surface area contributed by atoms with Crippen LogP contribution in [0.4, 0.5) is 0 Å². The van der Waals surface area contributed by atoms with Gasteiger partial charge in [-0.15, -0.1) is 0 Å². The Morgan fingerprint density at radius 2 is 1.66 bits per heavy atom. The van der Waals surface area contributed by atoms with Gasteiger partial charge in [-0.3, -0.25) is 0 Å². The second kappa shape index (κ2) is 8.51. The van der Waals surface area contributed by atoms with Crippen LogP contribution in [0.2, 0.25) is 0 Å². The molecule has 9 unspecified atom stereocenters. The molecule has 8 aliphatic rings. The monoisotopic (exact) mass is 508 g/mol. The van der Waals surface area contributed by atoms with Gasteiger partial charge in [0.2, 0.25) is 0 Å². The molecule has 0 spiro atoms. The van der Waals surface area contributed by atoms with Crippen LogP contribution in [0.15, 0.2) is 94.6 Å². The normalized spacial score (nSPS) is 46.9. The summed E-state index contributed by atoms with van der Waals surface area (Å²) < 4.78 is 7.17. The number of fused-ring (bicyclic) bond motifs is 1. The van der Waals surface area contributed by atoms with Crippen molar-refractivity contribution in [1.82, 2.24) is 0 Å². The molecule has 9 atom stereocenters. The highest BCUT2D eigenvalue weighted by atomic mass is 16.5. The van der Waals surface area contributed by atoms with Crippen LogP contribution in [0.1, 0.15) is 60.3 Å². The molecule has 1 N–H and O–H groups in total. The molecule has 1 aliphatic heterocycles. The zero-order valence-corrected chi connectivity index (χ0v) is 23.8. The summed E-state index contributed by atoms with van der Waals surface area (Å²) in [6.07, 6.45) is 23.2. The SMILES string of the molecule is C=C1OC(C2=CCC3CC(C)C=CC3=C2O)(C2C=CC3=C(C=CC(C)C3)C2C)C2=CC3C(C)C(CC12)C3C. The van der Waals surface area contributed by atoms with E-state index in [2.05, 4.69) is 89.8 Å². The van der Waals surface area contributed by atoms with Crippen molar-refractivity contribution in [3.8, 4) is 0 Å². The number of aliphatic hydroxyl groups is 1. The fourth-order valence-electron chi connectivity index (χ4n) is 9.49. The molecule has 0 aromatic heterocycles. The molecular formula is C36H44O2. The minimum absolute atomic E-state index is 0.102. The number of rotatable bonds is 2. The van der Waals surface area contributed by atoms with Crippen LogP contribution in [-0.2, 0) is 4.74 Å². The van der Waals surface area contributed by atoms with Crippen LogP contribution in [0.25, 0.3) is 0 Å². The smallest absolute Gasteiger partial charge is 0.165 e. The van der Waals surface area contributed by atoms with Crippen molar-refractivity contribution in [3.05, 3.63) is 94.6 Å². The molecule has 2 fully saturated rings. The van der Waals surface area contributed by atoms with E-state index >= 15 is 0 Å². The van der Waals surface area contributed by atoms with Crippen LogP contribution in [0, 0.1) is 59.2 Å². The zero-order valence-electron chi connectivity index (χ0n) is 23.8. The van der Waals surface area contributed by atoms with Crippen molar-refractivity contribution < 1.29 is 9.84 Å². The van der Waals surface area contributed by atoms with Crippen molar-refractivity contribution in [2.45, 2.75) is 65.9 Å². The minimum atomic E-state index is -0.705. The van der Waals surface area contributed by atoms with Gasteiger partial charge < -0.3 is 9.84 Å². The van der Waals surface area contributed by atoms with Gasteiger partial charge in [-0.1, -0.05) is 89.8 Å². The van der Waals surface area contributed by atoms with Gasteiger partial charge in [0.25, 0.3) is 0 Å². The molecule has 8 rings (SSSR count). The Bertz CT molecular complexity index is 1290. The summed E-state index contributed by atoms with van der Waals surface area (Å²) >= 11 is 0. The molecule has 38 heavy (non-hydrogen) atoms. The molecule has 2 heteroatoms. The van der Waals surface area contributed by atoms with Crippen LogP contribution in [0.3, 0.4) is 0 Å². The van der Waals surface area contributed by atoms with E-state index in [9.17, 15) is 5.11 Å². The summed E-state index contributed by atoms with van der Waals surface area (Å²) in [6, 6.07) is 0. The van der Waals surface area contributed by atoms with E-state index in [1.54, 1.807) is 0 Å². The van der Waals surface area contributed by atoms with Gasteiger partial charge in [-0.25, -0.2) is 0 Å². The summed E-state index contributed by atoms with van der Waals surface area (Å²) in [6.45, 7) is 16.4. The van der Waals surface area contributed by atoms with Crippen LogP contribution in [0.5, 0.6) is 0 Å². The van der Waals surface area contributed by atoms with E-state index in [0.29, 0.717) is 47.2 Å². The molecular weight excluding hydrogens is 464 g/mol. The van der Waals surface area contributed by atoms with Crippen LogP contribution < -0.4 is 0 Å².